The first-order valence-corrected chi connectivity index (χ1v) is 10.3. The molecule has 1 spiro atoms. The summed E-state index contributed by atoms with van der Waals surface area (Å²) in [5.41, 5.74) is 1.11. The van der Waals surface area contributed by atoms with Crippen molar-refractivity contribution in [3.8, 4) is 0 Å². The summed E-state index contributed by atoms with van der Waals surface area (Å²) in [6.07, 6.45) is 6.32. The molecule has 6 nitrogen and oxygen atoms in total. The molecule has 3 saturated heterocycles. The number of piperidine rings is 2. The lowest BCUT2D eigenvalue weighted by Gasteiger charge is -2.50. The van der Waals surface area contributed by atoms with Crippen molar-refractivity contribution < 1.29 is 5.11 Å². The fraction of sp³-hybridized carbons (Fsp3) is 0.800. The lowest BCUT2D eigenvalue weighted by molar-refractivity contribution is -0.0466. The number of aliphatic hydroxyl groups excluding tert-OH is 1. The third-order valence-electron chi connectivity index (χ3n) is 6.51. The number of rotatable bonds is 3. The van der Waals surface area contributed by atoms with Crippen molar-refractivity contribution in [2.45, 2.75) is 51.6 Å². The van der Waals surface area contributed by atoms with Gasteiger partial charge in [-0.25, -0.2) is 4.98 Å². The molecule has 3 aliphatic rings. The smallest absolute Gasteiger partial charge is 0.227 e. The van der Waals surface area contributed by atoms with Gasteiger partial charge in [0, 0.05) is 56.4 Å². The van der Waals surface area contributed by atoms with Crippen LogP contribution in [0.5, 0.6) is 0 Å². The molecule has 0 amide bonds. The predicted molar refractivity (Wildman–Crippen MR) is 105 cm³/mol. The molecule has 1 aromatic rings. The van der Waals surface area contributed by atoms with E-state index >= 15 is 0 Å². The molecule has 144 valence electrons. The predicted octanol–water partition coefficient (Wildman–Crippen LogP) is 1.92. The number of likely N-dealkylation sites (tertiary alicyclic amines) is 1. The van der Waals surface area contributed by atoms with E-state index in [-0.39, 0.29) is 11.5 Å². The largest absolute Gasteiger partial charge is 0.392 e. The molecule has 0 aromatic carbocycles. The van der Waals surface area contributed by atoms with E-state index in [0.717, 1.165) is 82.4 Å². The van der Waals surface area contributed by atoms with Crippen LogP contribution in [0, 0.1) is 5.41 Å². The summed E-state index contributed by atoms with van der Waals surface area (Å²) in [5, 5.41) is 10.8. The third kappa shape index (κ3) is 3.41. The first-order chi connectivity index (χ1) is 12.6. The Labute approximate surface area is 157 Å². The van der Waals surface area contributed by atoms with Crippen molar-refractivity contribution in [1.82, 2.24) is 14.9 Å². The molecule has 0 saturated carbocycles. The molecular formula is C20H33N5O. The average molecular weight is 360 g/mol. The van der Waals surface area contributed by atoms with E-state index < -0.39 is 0 Å². The highest BCUT2D eigenvalue weighted by Gasteiger charge is 2.45. The Morgan fingerprint density at radius 2 is 1.85 bits per heavy atom. The number of aryl methyl sites for hydroxylation is 1. The highest BCUT2D eigenvalue weighted by Crippen LogP contribution is 2.39. The zero-order chi connectivity index (χ0) is 18.1. The molecule has 3 fully saturated rings. The molecule has 4 heterocycles. The van der Waals surface area contributed by atoms with Gasteiger partial charge in [0.25, 0.3) is 0 Å². The van der Waals surface area contributed by atoms with Gasteiger partial charge in [-0.05, 0) is 45.6 Å². The van der Waals surface area contributed by atoms with Crippen LogP contribution in [-0.2, 0) is 6.42 Å². The molecule has 4 rings (SSSR count). The van der Waals surface area contributed by atoms with E-state index in [2.05, 4.69) is 34.7 Å². The minimum absolute atomic E-state index is 0.0175. The normalized spacial score (nSPS) is 30.3. The van der Waals surface area contributed by atoms with Gasteiger partial charge in [-0.2, -0.15) is 4.98 Å². The Bertz CT molecular complexity index is 633. The molecule has 0 radical (unpaired) electrons. The standard InChI is InChI=1S/C20H33N5O/c1-3-16-13-18(22-19(21-16)24-9-4-5-10-24)25-11-6-8-20(15-25)14-23(2)12-7-17(20)26/h13,17,26H,3-12,14-15H2,1-2H3/t17-,20-/m0/s1. The lowest BCUT2D eigenvalue weighted by atomic mass is 9.71. The van der Waals surface area contributed by atoms with Gasteiger partial charge in [-0.3, -0.25) is 0 Å². The first kappa shape index (κ1) is 18.0. The summed E-state index contributed by atoms with van der Waals surface area (Å²) in [6, 6.07) is 2.16. The fourth-order valence-electron chi connectivity index (χ4n) is 5.00. The Hall–Kier alpha value is -1.40. The minimum Gasteiger partial charge on any atom is -0.392 e. The Kier molecular flexibility index (Phi) is 5.06. The Balaban J connectivity index is 1.60. The molecule has 6 heteroatoms. The molecule has 26 heavy (non-hydrogen) atoms. The van der Waals surface area contributed by atoms with Crippen molar-refractivity contribution in [1.29, 1.82) is 0 Å². The van der Waals surface area contributed by atoms with Gasteiger partial charge in [0.05, 0.1) is 6.10 Å². The molecule has 0 bridgehead atoms. The second kappa shape index (κ2) is 7.31. The van der Waals surface area contributed by atoms with Crippen LogP contribution in [0.25, 0.3) is 0 Å². The van der Waals surface area contributed by atoms with Crippen LogP contribution in [0.15, 0.2) is 6.07 Å². The maximum Gasteiger partial charge on any atom is 0.227 e. The lowest BCUT2D eigenvalue weighted by Crippen LogP contribution is -2.58. The van der Waals surface area contributed by atoms with Crippen LogP contribution in [0.1, 0.15) is 44.7 Å². The monoisotopic (exact) mass is 359 g/mol. The van der Waals surface area contributed by atoms with Crippen LogP contribution in [0.3, 0.4) is 0 Å². The first-order valence-electron chi connectivity index (χ1n) is 10.3. The topological polar surface area (TPSA) is 55.7 Å². The molecule has 3 aliphatic heterocycles. The molecular weight excluding hydrogens is 326 g/mol. The molecule has 1 aromatic heterocycles. The van der Waals surface area contributed by atoms with E-state index in [9.17, 15) is 5.11 Å². The maximum absolute atomic E-state index is 10.8. The van der Waals surface area contributed by atoms with Crippen LogP contribution in [0.4, 0.5) is 11.8 Å². The summed E-state index contributed by atoms with van der Waals surface area (Å²) < 4.78 is 0. The number of nitrogens with zero attached hydrogens (tertiary/aromatic N) is 5. The van der Waals surface area contributed by atoms with Gasteiger partial charge in [0.15, 0.2) is 0 Å². The highest BCUT2D eigenvalue weighted by atomic mass is 16.3. The summed E-state index contributed by atoms with van der Waals surface area (Å²) in [5.74, 6) is 1.95. The van der Waals surface area contributed by atoms with Gasteiger partial charge in [0.2, 0.25) is 5.95 Å². The number of anilines is 2. The fourth-order valence-corrected chi connectivity index (χ4v) is 5.00. The molecule has 0 aliphatic carbocycles. The summed E-state index contributed by atoms with van der Waals surface area (Å²) in [6.45, 7) is 8.21. The van der Waals surface area contributed by atoms with Gasteiger partial charge in [0.1, 0.15) is 5.82 Å². The van der Waals surface area contributed by atoms with Crippen molar-refractivity contribution in [3.05, 3.63) is 11.8 Å². The third-order valence-corrected chi connectivity index (χ3v) is 6.51. The van der Waals surface area contributed by atoms with Crippen molar-refractivity contribution in [3.63, 3.8) is 0 Å². The molecule has 2 atom stereocenters. The summed E-state index contributed by atoms with van der Waals surface area (Å²) in [7, 11) is 2.18. The van der Waals surface area contributed by atoms with E-state index in [1.807, 2.05) is 0 Å². The summed E-state index contributed by atoms with van der Waals surface area (Å²) in [4.78, 5) is 16.9. The van der Waals surface area contributed by atoms with Gasteiger partial charge < -0.3 is 19.8 Å². The maximum atomic E-state index is 10.8. The SMILES string of the molecule is CCc1cc(N2CCC[C@]3(CN(C)CC[C@@H]3O)C2)nc(N2CCCC2)n1. The van der Waals surface area contributed by atoms with E-state index in [1.54, 1.807) is 0 Å². The Morgan fingerprint density at radius 3 is 2.62 bits per heavy atom. The van der Waals surface area contributed by atoms with Crippen LogP contribution in [-0.4, -0.2) is 72.4 Å². The van der Waals surface area contributed by atoms with Gasteiger partial charge >= 0.3 is 0 Å². The zero-order valence-corrected chi connectivity index (χ0v) is 16.3. The summed E-state index contributed by atoms with van der Waals surface area (Å²) >= 11 is 0. The van der Waals surface area contributed by atoms with E-state index in [0.29, 0.717) is 0 Å². The highest BCUT2D eigenvalue weighted by molar-refractivity contribution is 5.47. The van der Waals surface area contributed by atoms with E-state index in [4.69, 9.17) is 9.97 Å². The average Bonchev–Trinajstić information content (AvgIpc) is 3.20. The van der Waals surface area contributed by atoms with Crippen molar-refractivity contribution in [2.75, 3.05) is 56.1 Å². The quantitative estimate of drug-likeness (QED) is 0.890. The zero-order valence-electron chi connectivity index (χ0n) is 16.3. The number of hydrogen-bond acceptors (Lipinski definition) is 6. The Morgan fingerprint density at radius 1 is 1.08 bits per heavy atom. The minimum atomic E-state index is -0.202. The van der Waals surface area contributed by atoms with Crippen LogP contribution < -0.4 is 9.80 Å². The van der Waals surface area contributed by atoms with Gasteiger partial charge in [-0.1, -0.05) is 6.92 Å². The van der Waals surface area contributed by atoms with Crippen molar-refractivity contribution in [2.24, 2.45) is 5.41 Å². The van der Waals surface area contributed by atoms with E-state index in [1.165, 1.54) is 12.8 Å². The van der Waals surface area contributed by atoms with Crippen LogP contribution >= 0.6 is 0 Å². The number of aromatic nitrogens is 2. The van der Waals surface area contributed by atoms with Crippen molar-refractivity contribution >= 4 is 11.8 Å². The number of hydrogen-bond donors (Lipinski definition) is 1. The molecule has 0 unspecified atom stereocenters. The second-order valence-electron chi connectivity index (χ2n) is 8.49. The molecule has 1 N–H and O–H groups in total. The number of aliphatic hydroxyl groups is 1. The second-order valence-corrected chi connectivity index (χ2v) is 8.49. The van der Waals surface area contributed by atoms with Gasteiger partial charge in [-0.15, -0.1) is 0 Å². The van der Waals surface area contributed by atoms with Crippen LogP contribution in [0.2, 0.25) is 0 Å².